The smallest absolute Gasteiger partial charge is 0.377 e. The maximum atomic E-state index is 12.4. The van der Waals surface area contributed by atoms with Crippen molar-refractivity contribution in [2.45, 2.75) is 32.3 Å². The van der Waals surface area contributed by atoms with Crippen molar-refractivity contribution >= 4 is 27.8 Å². The number of nitrogens with one attached hydrogen (secondary N) is 2. The van der Waals surface area contributed by atoms with Crippen LogP contribution < -0.4 is 5.32 Å². The Morgan fingerprint density at radius 1 is 1.20 bits per heavy atom. The van der Waals surface area contributed by atoms with E-state index in [-0.39, 0.29) is 43.7 Å². The molecule has 0 spiro atoms. The molecule has 1 fully saturated rings. The highest BCUT2D eigenvalue weighted by molar-refractivity contribution is 7.88. The van der Waals surface area contributed by atoms with Crippen LogP contribution in [0.15, 0.2) is 11.8 Å². The number of piperidine rings is 1. The highest BCUT2D eigenvalue weighted by Gasteiger charge is 2.45. The number of ether oxygens (including phenoxy) is 3. The number of hydrogen-bond acceptors (Lipinski definition) is 11. The Balaban J connectivity index is 3.32. The van der Waals surface area contributed by atoms with Gasteiger partial charge in [-0.1, -0.05) is 4.47 Å². The fraction of sp³-hybridized carbons (Fsp3) is 0.706. The van der Waals surface area contributed by atoms with Crippen molar-refractivity contribution in [1.82, 2.24) is 9.79 Å². The third kappa shape index (κ3) is 7.23. The Kier molecular flexibility index (Phi) is 10.2. The summed E-state index contributed by atoms with van der Waals surface area (Å²) in [6, 6.07) is 0. The number of hydrogen-bond donors (Lipinski definition) is 3. The highest BCUT2D eigenvalue weighted by Crippen LogP contribution is 2.28. The largest absolute Gasteiger partial charge is 0.463 e. The zero-order chi connectivity index (χ0) is 22.8. The van der Waals surface area contributed by atoms with E-state index in [4.69, 9.17) is 29.6 Å². The summed E-state index contributed by atoms with van der Waals surface area (Å²) in [6.45, 7) is 3.40. The van der Waals surface area contributed by atoms with Gasteiger partial charge in [-0.05, 0) is 39.8 Å². The molecule has 13 heteroatoms. The molecule has 172 valence electrons. The molecule has 0 saturated carbocycles. The second-order valence-electron chi connectivity index (χ2n) is 6.23. The minimum Gasteiger partial charge on any atom is -0.463 e. The van der Waals surface area contributed by atoms with E-state index < -0.39 is 39.2 Å². The Hall–Kier alpha value is -2.22. The van der Waals surface area contributed by atoms with Crippen molar-refractivity contribution in [3.8, 4) is 0 Å². The van der Waals surface area contributed by atoms with Gasteiger partial charge in [0.1, 0.15) is 5.60 Å². The number of hydroxylamine groups is 1. The van der Waals surface area contributed by atoms with Crippen LogP contribution in [0.25, 0.3) is 0 Å². The van der Waals surface area contributed by atoms with Crippen molar-refractivity contribution in [1.29, 1.82) is 5.41 Å². The van der Waals surface area contributed by atoms with E-state index in [1.165, 1.54) is 6.92 Å². The molecule has 0 amide bonds. The quantitative estimate of drug-likeness (QED) is 0.0913. The van der Waals surface area contributed by atoms with Crippen LogP contribution >= 0.6 is 0 Å². The molecule has 1 aliphatic rings. The van der Waals surface area contributed by atoms with Crippen molar-refractivity contribution in [3.63, 3.8) is 0 Å². The van der Waals surface area contributed by atoms with Crippen LogP contribution in [-0.2, 0) is 38.7 Å². The third-order valence-corrected chi connectivity index (χ3v) is 4.85. The summed E-state index contributed by atoms with van der Waals surface area (Å²) in [5.41, 5.74) is -1.39. The average Bonchev–Trinajstić information content (AvgIpc) is 2.69. The van der Waals surface area contributed by atoms with E-state index in [0.717, 1.165) is 6.26 Å². The van der Waals surface area contributed by atoms with Gasteiger partial charge in [-0.3, -0.25) is 5.41 Å². The first kappa shape index (κ1) is 25.8. The molecule has 0 radical (unpaired) electrons. The molecular weight excluding hydrogens is 422 g/mol. The normalized spacial score (nSPS) is 16.5. The Morgan fingerprint density at radius 3 is 2.30 bits per heavy atom. The molecule has 0 atom stereocenters. The maximum Gasteiger partial charge on any atom is 0.377 e. The number of aliphatic hydroxyl groups excluding tert-OH is 1. The summed E-state index contributed by atoms with van der Waals surface area (Å²) in [7, 11) is -4.25. The monoisotopic (exact) mass is 451 g/mol. The number of sulfonamides is 1. The summed E-state index contributed by atoms with van der Waals surface area (Å²) < 4.78 is 40.2. The van der Waals surface area contributed by atoms with Crippen molar-refractivity contribution in [2.75, 3.05) is 45.8 Å². The van der Waals surface area contributed by atoms with Gasteiger partial charge < -0.3 is 29.5 Å². The van der Waals surface area contributed by atoms with Gasteiger partial charge >= 0.3 is 11.9 Å². The zero-order valence-electron chi connectivity index (χ0n) is 17.3. The molecule has 0 aromatic carbocycles. The lowest BCUT2D eigenvalue weighted by Gasteiger charge is -2.40. The van der Waals surface area contributed by atoms with Crippen LogP contribution in [0.4, 0.5) is 0 Å². The van der Waals surface area contributed by atoms with Crippen molar-refractivity contribution < 1.29 is 42.2 Å². The second-order valence-corrected chi connectivity index (χ2v) is 8.03. The van der Waals surface area contributed by atoms with Crippen molar-refractivity contribution in [3.05, 3.63) is 11.8 Å². The van der Waals surface area contributed by atoms with Gasteiger partial charge in [0, 0.05) is 0 Å². The lowest BCUT2D eigenvalue weighted by molar-refractivity contribution is -0.148. The standard InChI is InChI=1S/C17H29N3O9S/c1-4-26-14(22)12-13(15(23)27-5-2)29-20(30(3,24)25)16(18)17(28-11-10-21)6-8-19-9-7-17/h12,18-19,21H,4-11H2,1-3H3. The molecule has 0 unspecified atom stereocenters. The number of esters is 2. The fourth-order valence-electron chi connectivity index (χ4n) is 2.67. The van der Waals surface area contributed by atoms with E-state index in [2.05, 4.69) is 5.32 Å². The molecule has 0 aromatic rings. The lowest BCUT2D eigenvalue weighted by atomic mass is 9.91. The minimum absolute atomic E-state index is 0.0160. The summed E-state index contributed by atoms with van der Waals surface area (Å²) in [6.07, 6.45) is 1.86. The van der Waals surface area contributed by atoms with Crippen LogP contribution in [0.1, 0.15) is 26.7 Å². The van der Waals surface area contributed by atoms with Gasteiger partial charge in [-0.2, -0.15) is 0 Å². The lowest BCUT2D eigenvalue weighted by Crippen LogP contribution is -2.56. The fourth-order valence-corrected chi connectivity index (χ4v) is 3.39. The summed E-state index contributed by atoms with van der Waals surface area (Å²) >= 11 is 0. The Bertz CT molecular complexity index is 746. The predicted octanol–water partition coefficient (Wildman–Crippen LogP) is -0.702. The van der Waals surface area contributed by atoms with E-state index in [9.17, 15) is 18.0 Å². The number of aliphatic hydroxyl groups is 1. The molecule has 12 nitrogen and oxygen atoms in total. The van der Waals surface area contributed by atoms with Gasteiger partial charge in [0.25, 0.3) is 10.0 Å². The van der Waals surface area contributed by atoms with Crippen LogP contribution in [0.3, 0.4) is 0 Å². The van der Waals surface area contributed by atoms with Gasteiger partial charge in [-0.25, -0.2) is 18.0 Å². The summed E-state index contributed by atoms with van der Waals surface area (Å²) in [5, 5.41) is 20.7. The average molecular weight is 451 g/mol. The van der Waals surface area contributed by atoms with Crippen molar-refractivity contribution in [2.24, 2.45) is 0 Å². The molecule has 1 heterocycles. The first-order valence-corrected chi connectivity index (χ1v) is 11.2. The Morgan fingerprint density at radius 2 is 1.80 bits per heavy atom. The van der Waals surface area contributed by atoms with Crippen LogP contribution in [0, 0.1) is 5.41 Å². The van der Waals surface area contributed by atoms with Gasteiger partial charge in [0.15, 0.2) is 5.84 Å². The number of carbonyl (C=O) groups is 2. The first-order valence-electron chi connectivity index (χ1n) is 9.39. The topological polar surface area (TPSA) is 165 Å². The number of rotatable bonds is 11. The molecular formula is C17H29N3O9S. The maximum absolute atomic E-state index is 12.4. The van der Waals surface area contributed by atoms with Crippen LogP contribution in [0.2, 0.25) is 0 Å². The summed E-state index contributed by atoms with van der Waals surface area (Å²) in [4.78, 5) is 29.2. The van der Waals surface area contributed by atoms with E-state index in [1.807, 2.05) is 0 Å². The van der Waals surface area contributed by atoms with Gasteiger partial charge in [-0.15, -0.1) is 0 Å². The molecule has 30 heavy (non-hydrogen) atoms. The highest BCUT2D eigenvalue weighted by atomic mass is 32.2. The number of carbonyl (C=O) groups excluding carboxylic acids is 2. The van der Waals surface area contributed by atoms with E-state index in [1.54, 1.807) is 6.92 Å². The number of nitrogens with zero attached hydrogens (tertiary/aromatic N) is 1. The number of amidine groups is 1. The van der Waals surface area contributed by atoms with Gasteiger partial charge in [0.2, 0.25) is 5.76 Å². The molecule has 1 rings (SSSR count). The summed E-state index contributed by atoms with van der Waals surface area (Å²) in [5.74, 6) is -3.42. The van der Waals surface area contributed by atoms with Gasteiger partial charge in [0.05, 0.1) is 38.8 Å². The molecule has 3 N–H and O–H groups in total. The second kappa shape index (κ2) is 11.8. The molecule has 1 aliphatic heterocycles. The molecule has 0 aromatic heterocycles. The SMILES string of the molecule is CCOC(=O)C=C(ON(C(=N)C1(OCCO)CCNCC1)S(C)(=O)=O)C(=O)OCC. The molecule has 1 saturated heterocycles. The van der Waals surface area contributed by atoms with Crippen LogP contribution in [0.5, 0.6) is 0 Å². The zero-order valence-corrected chi connectivity index (χ0v) is 18.1. The Labute approximate surface area is 175 Å². The molecule has 0 bridgehead atoms. The van der Waals surface area contributed by atoms with E-state index >= 15 is 0 Å². The minimum atomic E-state index is -4.25. The molecule has 0 aliphatic carbocycles. The van der Waals surface area contributed by atoms with Crippen LogP contribution in [-0.4, -0.2) is 87.1 Å². The first-order chi connectivity index (χ1) is 14.1. The third-order valence-electron chi connectivity index (χ3n) is 3.99. The predicted molar refractivity (Wildman–Crippen MR) is 105 cm³/mol. The van der Waals surface area contributed by atoms with E-state index in [0.29, 0.717) is 19.2 Å².